The second kappa shape index (κ2) is 6.02. The van der Waals surface area contributed by atoms with E-state index in [9.17, 15) is 22.8 Å². The third kappa shape index (κ3) is 4.97. The van der Waals surface area contributed by atoms with Crippen LogP contribution in [-0.4, -0.2) is 24.6 Å². The summed E-state index contributed by atoms with van der Waals surface area (Å²) in [5, 5.41) is 4.57. The van der Waals surface area contributed by atoms with Crippen LogP contribution in [0, 0.1) is 0 Å². The van der Waals surface area contributed by atoms with Crippen LogP contribution in [0.4, 0.5) is 18.0 Å². The Labute approximate surface area is 118 Å². The van der Waals surface area contributed by atoms with Gasteiger partial charge in [0.1, 0.15) is 5.75 Å². The number of carbonyl (C=O) groups excluding carboxylic acids is 2. The van der Waals surface area contributed by atoms with E-state index in [1.54, 1.807) is 0 Å². The third-order valence-electron chi connectivity index (χ3n) is 2.70. The van der Waals surface area contributed by atoms with Crippen LogP contribution in [-0.2, 0) is 11.0 Å². The molecule has 1 aromatic carbocycles. The number of amides is 3. The Bertz CT molecular complexity index is 542. The Balaban J connectivity index is 1.81. The Morgan fingerprint density at radius 3 is 2.62 bits per heavy atom. The van der Waals surface area contributed by atoms with E-state index in [2.05, 4.69) is 5.32 Å². The Morgan fingerprint density at radius 2 is 2.00 bits per heavy atom. The summed E-state index contributed by atoms with van der Waals surface area (Å²) < 4.78 is 42.4. The topological polar surface area (TPSA) is 67.4 Å². The van der Waals surface area contributed by atoms with Gasteiger partial charge in [-0.3, -0.25) is 10.1 Å². The maximum absolute atomic E-state index is 12.5. The number of halogens is 3. The van der Waals surface area contributed by atoms with Gasteiger partial charge in [0.05, 0.1) is 5.56 Å². The van der Waals surface area contributed by atoms with Crippen LogP contribution in [0.25, 0.3) is 0 Å². The molecule has 1 fully saturated rings. The molecule has 21 heavy (non-hydrogen) atoms. The number of imide groups is 1. The molecule has 0 heterocycles. The van der Waals surface area contributed by atoms with Crippen molar-refractivity contribution in [3.05, 3.63) is 29.8 Å². The molecule has 5 nitrogen and oxygen atoms in total. The Morgan fingerprint density at radius 1 is 1.29 bits per heavy atom. The van der Waals surface area contributed by atoms with Crippen molar-refractivity contribution in [2.75, 3.05) is 6.61 Å². The van der Waals surface area contributed by atoms with E-state index in [4.69, 9.17) is 4.74 Å². The molecule has 3 amide bonds. The van der Waals surface area contributed by atoms with Gasteiger partial charge in [0.2, 0.25) is 0 Å². The molecule has 1 aliphatic rings. The summed E-state index contributed by atoms with van der Waals surface area (Å²) in [6, 6.07) is 3.63. The Kier molecular flexibility index (Phi) is 4.35. The quantitative estimate of drug-likeness (QED) is 0.894. The van der Waals surface area contributed by atoms with E-state index in [1.807, 2.05) is 5.32 Å². The predicted molar refractivity (Wildman–Crippen MR) is 66.6 cm³/mol. The molecule has 0 aromatic heterocycles. The van der Waals surface area contributed by atoms with Crippen LogP contribution in [0.2, 0.25) is 0 Å². The molecule has 1 aliphatic carbocycles. The van der Waals surface area contributed by atoms with Gasteiger partial charge >= 0.3 is 12.2 Å². The minimum absolute atomic E-state index is 0.0948. The highest BCUT2D eigenvalue weighted by Crippen LogP contribution is 2.31. The van der Waals surface area contributed by atoms with Crippen LogP contribution in [0.15, 0.2) is 24.3 Å². The van der Waals surface area contributed by atoms with Crippen molar-refractivity contribution in [1.29, 1.82) is 0 Å². The zero-order chi connectivity index (χ0) is 15.5. The standard InChI is InChI=1S/C13H13F3N2O3/c14-13(15,16)8-2-1-3-10(6-8)21-7-11(19)18-12(20)17-9-4-5-9/h1-3,6,9H,4-5,7H2,(H2,17,18,19,20). The first-order valence-corrected chi connectivity index (χ1v) is 6.25. The molecule has 0 spiro atoms. The summed E-state index contributed by atoms with van der Waals surface area (Å²) in [5.41, 5.74) is -0.869. The number of benzene rings is 1. The van der Waals surface area contributed by atoms with E-state index < -0.39 is 30.3 Å². The number of ether oxygens (including phenoxy) is 1. The Hall–Kier alpha value is -2.25. The summed E-state index contributed by atoms with van der Waals surface area (Å²) in [6.45, 7) is -0.542. The lowest BCUT2D eigenvalue weighted by atomic mass is 10.2. The molecule has 8 heteroatoms. The van der Waals surface area contributed by atoms with Crippen LogP contribution in [0.3, 0.4) is 0 Å². The molecular weight excluding hydrogens is 289 g/mol. The van der Waals surface area contributed by atoms with Crippen molar-refractivity contribution < 1.29 is 27.5 Å². The first kappa shape index (κ1) is 15.1. The molecule has 0 unspecified atom stereocenters. The molecule has 1 saturated carbocycles. The molecule has 0 bridgehead atoms. The van der Waals surface area contributed by atoms with Gasteiger partial charge < -0.3 is 10.1 Å². The molecular formula is C13H13F3N2O3. The number of carbonyl (C=O) groups is 2. The number of rotatable bonds is 4. The number of hydrogen-bond donors (Lipinski definition) is 2. The second-order valence-corrected chi connectivity index (χ2v) is 4.61. The lowest BCUT2D eigenvalue weighted by Gasteiger charge is -2.10. The smallest absolute Gasteiger partial charge is 0.416 e. The largest absolute Gasteiger partial charge is 0.484 e. The minimum Gasteiger partial charge on any atom is -0.484 e. The average molecular weight is 302 g/mol. The molecule has 0 atom stereocenters. The summed E-state index contributed by atoms with van der Waals surface area (Å²) in [5.74, 6) is -0.826. The average Bonchev–Trinajstić information content (AvgIpc) is 3.19. The van der Waals surface area contributed by atoms with Crippen LogP contribution < -0.4 is 15.4 Å². The van der Waals surface area contributed by atoms with Gasteiger partial charge in [-0.15, -0.1) is 0 Å². The van der Waals surface area contributed by atoms with Crippen molar-refractivity contribution in [3.63, 3.8) is 0 Å². The zero-order valence-corrected chi connectivity index (χ0v) is 10.9. The predicted octanol–water partition coefficient (Wildman–Crippen LogP) is 2.07. The normalized spacial score (nSPS) is 14.4. The molecule has 114 valence electrons. The van der Waals surface area contributed by atoms with E-state index in [-0.39, 0.29) is 11.8 Å². The van der Waals surface area contributed by atoms with Crippen molar-refractivity contribution in [2.45, 2.75) is 25.1 Å². The van der Waals surface area contributed by atoms with Crippen molar-refractivity contribution in [3.8, 4) is 5.75 Å². The molecule has 0 saturated heterocycles. The van der Waals surface area contributed by atoms with Crippen molar-refractivity contribution in [1.82, 2.24) is 10.6 Å². The summed E-state index contributed by atoms with van der Waals surface area (Å²) in [7, 11) is 0. The number of alkyl halides is 3. The van der Waals surface area contributed by atoms with Gasteiger partial charge in [-0.1, -0.05) is 6.07 Å². The van der Waals surface area contributed by atoms with Gasteiger partial charge in [0.25, 0.3) is 5.91 Å². The van der Waals surface area contributed by atoms with E-state index in [0.717, 1.165) is 25.0 Å². The van der Waals surface area contributed by atoms with Crippen molar-refractivity contribution >= 4 is 11.9 Å². The van der Waals surface area contributed by atoms with Crippen LogP contribution in [0.1, 0.15) is 18.4 Å². The summed E-state index contributed by atoms with van der Waals surface area (Å²) >= 11 is 0. The minimum atomic E-state index is -4.48. The fourth-order valence-electron chi connectivity index (χ4n) is 1.52. The highest BCUT2D eigenvalue weighted by Gasteiger charge is 2.30. The third-order valence-corrected chi connectivity index (χ3v) is 2.70. The maximum Gasteiger partial charge on any atom is 0.416 e. The van der Waals surface area contributed by atoms with E-state index in [0.29, 0.717) is 0 Å². The monoisotopic (exact) mass is 302 g/mol. The van der Waals surface area contributed by atoms with Gasteiger partial charge in [0, 0.05) is 6.04 Å². The molecule has 2 rings (SSSR count). The lowest BCUT2D eigenvalue weighted by Crippen LogP contribution is -2.42. The van der Waals surface area contributed by atoms with Gasteiger partial charge in [-0.05, 0) is 31.0 Å². The number of hydrogen-bond acceptors (Lipinski definition) is 3. The highest BCUT2D eigenvalue weighted by atomic mass is 19.4. The first-order valence-electron chi connectivity index (χ1n) is 6.25. The summed E-state index contributed by atoms with van der Waals surface area (Å²) in [6.07, 6.45) is -2.73. The van der Waals surface area contributed by atoms with Gasteiger partial charge in [-0.2, -0.15) is 13.2 Å². The molecule has 2 N–H and O–H groups in total. The first-order chi connectivity index (χ1) is 9.84. The van der Waals surface area contributed by atoms with Gasteiger partial charge in [0.15, 0.2) is 6.61 Å². The second-order valence-electron chi connectivity index (χ2n) is 4.61. The fourth-order valence-corrected chi connectivity index (χ4v) is 1.52. The molecule has 0 aliphatic heterocycles. The van der Waals surface area contributed by atoms with Crippen LogP contribution in [0.5, 0.6) is 5.75 Å². The lowest BCUT2D eigenvalue weighted by molar-refractivity contribution is -0.137. The number of nitrogens with one attached hydrogen (secondary N) is 2. The maximum atomic E-state index is 12.5. The van der Waals surface area contributed by atoms with E-state index in [1.165, 1.54) is 12.1 Å². The van der Waals surface area contributed by atoms with Crippen molar-refractivity contribution in [2.24, 2.45) is 0 Å². The van der Waals surface area contributed by atoms with E-state index >= 15 is 0 Å². The highest BCUT2D eigenvalue weighted by molar-refractivity contribution is 5.95. The SMILES string of the molecule is O=C(COc1cccc(C(F)(F)F)c1)NC(=O)NC1CC1. The fraction of sp³-hybridized carbons (Fsp3) is 0.385. The number of urea groups is 1. The van der Waals surface area contributed by atoms with Gasteiger partial charge in [-0.25, -0.2) is 4.79 Å². The summed E-state index contributed by atoms with van der Waals surface area (Å²) in [4.78, 5) is 22.6. The zero-order valence-electron chi connectivity index (χ0n) is 10.9. The molecule has 0 radical (unpaired) electrons. The van der Waals surface area contributed by atoms with Crippen LogP contribution >= 0.6 is 0 Å². The molecule has 1 aromatic rings.